The number of carbonyl (C=O) groups is 4. The number of benzene rings is 1. The molecule has 1 atom stereocenters. The Kier molecular flexibility index (Phi) is 10.1. The molecule has 2 fully saturated rings. The maximum Gasteiger partial charge on any atom is 0.407 e. The second-order valence-corrected chi connectivity index (χ2v) is 9.66. The molecule has 198 valence electrons. The zero-order valence-electron chi connectivity index (χ0n) is 21.6. The molecule has 0 aromatic heterocycles. The Morgan fingerprint density at radius 3 is 2.47 bits per heavy atom. The van der Waals surface area contributed by atoms with Crippen molar-refractivity contribution in [2.24, 2.45) is 0 Å². The normalized spacial score (nSPS) is 19.2. The van der Waals surface area contributed by atoms with Crippen LogP contribution < -0.4 is 10.6 Å². The fourth-order valence-corrected chi connectivity index (χ4v) is 5.05. The van der Waals surface area contributed by atoms with Gasteiger partial charge >= 0.3 is 6.09 Å². The van der Waals surface area contributed by atoms with E-state index in [1.807, 2.05) is 49.1 Å². The van der Waals surface area contributed by atoms with Gasteiger partial charge in [0.2, 0.25) is 17.7 Å². The number of amides is 4. The number of nitrogens with one attached hydrogen (secondary N) is 2. The molecular formula is C27H40N4O5. The van der Waals surface area contributed by atoms with E-state index in [1.54, 1.807) is 4.90 Å². The first-order chi connectivity index (χ1) is 17.4. The van der Waals surface area contributed by atoms with Crippen molar-refractivity contribution in [3.63, 3.8) is 0 Å². The van der Waals surface area contributed by atoms with Crippen LogP contribution in [0.3, 0.4) is 0 Å². The first-order valence-corrected chi connectivity index (χ1v) is 13.3. The number of carbonyl (C=O) groups excluding carboxylic acids is 4. The predicted octanol–water partition coefficient (Wildman–Crippen LogP) is 2.98. The van der Waals surface area contributed by atoms with E-state index in [1.165, 1.54) is 0 Å². The van der Waals surface area contributed by atoms with Crippen LogP contribution in [-0.2, 0) is 25.7 Å². The van der Waals surface area contributed by atoms with Crippen LogP contribution in [0.4, 0.5) is 4.79 Å². The Morgan fingerprint density at radius 1 is 1.08 bits per heavy atom. The molecule has 2 heterocycles. The number of hydrogen-bond donors (Lipinski definition) is 2. The monoisotopic (exact) mass is 500 g/mol. The van der Waals surface area contributed by atoms with Crippen LogP contribution in [0, 0.1) is 0 Å². The van der Waals surface area contributed by atoms with Gasteiger partial charge in [-0.2, -0.15) is 0 Å². The summed E-state index contributed by atoms with van der Waals surface area (Å²) < 4.78 is 5.20. The molecule has 3 rings (SSSR count). The summed E-state index contributed by atoms with van der Waals surface area (Å²) in [6.07, 6.45) is 4.43. The number of piperidine rings is 1. The lowest BCUT2D eigenvalue weighted by atomic mass is 9.81. The Bertz CT molecular complexity index is 899. The van der Waals surface area contributed by atoms with E-state index in [4.69, 9.17) is 4.74 Å². The van der Waals surface area contributed by atoms with Crippen molar-refractivity contribution in [1.82, 2.24) is 20.4 Å². The third-order valence-electron chi connectivity index (χ3n) is 7.06. The highest BCUT2D eigenvalue weighted by Gasteiger charge is 2.53. The lowest BCUT2D eigenvalue weighted by Crippen LogP contribution is -2.73. The molecule has 9 nitrogen and oxygen atoms in total. The number of ether oxygens (including phenoxy) is 1. The highest BCUT2D eigenvalue weighted by Crippen LogP contribution is 2.34. The number of rotatable bonds is 11. The van der Waals surface area contributed by atoms with Gasteiger partial charge in [-0.15, -0.1) is 0 Å². The molecule has 2 saturated heterocycles. The zero-order chi connectivity index (χ0) is 26.0. The van der Waals surface area contributed by atoms with Gasteiger partial charge in [0.25, 0.3) is 0 Å². The summed E-state index contributed by atoms with van der Waals surface area (Å²) >= 11 is 0. The SMILES string of the molecule is CCCC(=O)N1CCC2(CC1)C(=O)N[C@@H](CCCCNC(=O)OCc1ccccc1)C(=O)N2CCC. The highest BCUT2D eigenvalue weighted by molar-refractivity contribution is 6.00. The molecule has 0 aliphatic carbocycles. The van der Waals surface area contributed by atoms with E-state index in [2.05, 4.69) is 10.6 Å². The molecule has 0 bridgehead atoms. The molecule has 2 aliphatic heterocycles. The zero-order valence-corrected chi connectivity index (χ0v) is 21.6. The van der Waals surface area contributed by atoms with Crippen LogP contribution in [0.5, 0.6) is 0 Å². The van der Waals surface area contributed by atoms with E-state index in [0.717, 1.165) is 18.4 Å². The van der Waals surface area contributed by atoms with Crippen LogP contribution in [0.15, 0.2) is 30.3 Å². The first kappa shape index (κ1) is 27.5. The lowest BCUT2D eigenvalue weighted by Gasteiger charge is -2.51. The molecule has 1 aromatic rings. The van der Waals surface area contributed by atoms with E-state index in [0.29, 0.717) is 64.7 Å². The minimum Gasteiger partial charge on any atom is -0.445 e. The number of piperazine rings is 1. The third kappa shape index (κ3) is 6.77. The molecule has 0 saturated carbocycles. The minimum absolute atomic E-state index is 0.0417. The van der Waals surface area contributed by atoms with Crippen LogP contribution in [-0.4, -0.2) is 71.4 Å². The van der Waals surface area contributed by atoms with Crippen LogP contribution >= 0.6 is 0 Å². The Labute approximate surface area is 213 Å². The summed E-state index contributed by atoms with van der Waals surface area (Å²) in [7, 11) is 0. The Balaban J connectivity index is 1.45. The topological polar surface area (TPSA) is 108 Å². The van der Waals surface area contributed by atoms with Gasteiger partial charge in [-0.3, -0.25) is 14.4 Å². The molecule has 36 heavy (non-hydrogen) atoms. The maximum absolute atomic E-state index is 13.4. The van der Waals surface area contributed by atoms with Crippen LogP contribution in [0.25, 0.3) is 0 Å². The molecular weight excluding hydrogens is 460 g/mol. The summed E-state index contributed by atoms with van der Waals surface area (Å²) in [6.45, 7) is 6.16. The third-order valence-corrected chi connectivity index (χ3v) is 7.06. The second-order valence-electron chi connectivity index (χ2n) is 9.66. The van der Waals surface area contributed by atoms with Gasteiger partial charge in [0.15, 0.2) is 0 Å². The van der Waals surface area contributed by atoms with Crippen molar-refractivity contribution in [2.45, 2.75) is 83.4 Å². The van der Waals surface area contributed by atoms with Crippen molar-refractivity contribution in [3.05, 3.63) is 35.9 Å². The van der Waals surface area contributed by atoms with Gasteiger partial charge in [0.05, 0.1) is 0 Å². The molecule has 9 heteroatoms. The molecule has 0 radical (unpaired) electrons. The second kappa shape index (κ2) is 13.3. The number of likely N-dealkylation sites (tertiary alicyclic amines) is 1. The fourth-order valence-electron chi connectivity index (χ4n) is 5.05. The summed E-state index contributed by atoms with van der Waals surface area (Å²) in [5.74, 6) is -0.0295. The standard InChI is InChI=1S/C27H40N4O5/c1-3-10-23(32)30-18-14-27(15-19-30)25(34)29-22(24(33)31(27)17-4-2)13-8-9-16-28-26(35)36-20-21-11-6-5-7-12-21/h5-7,11-12,22H,3-4,8-10,13-20H2,1-2H3,(H,28,35)(H,29,34)/t22-/m0/s1. The van der Waals surface area contributed by atoms with E-state index >= 15 is 0 Å². The minimum atomic E-state index is -0.864. The van der Waals surface area contributed by atoms with Gasteiger partial charge in [0.1, 0.15) is 18.2 Å². The molecule has 0 unspecified atom stereocenters. The van der Waals surface area contributed by atoms with Gasteiger partial charge in [-0.05, 0) is 50.5 Å². The van der Waals surface area contributed by atoms with E-state index in [9.17, 15) is 19.2 Å². The summed E-state index contributed by atoms with van der Waals surface area (Å²) in [5.41, 5.74) is 0.0586. The molecule has 1 spiro atoms. The summed E-state index contributed by atoms with van der Waals surface area (Å²) in [5, 5.41) is 5.71. The van der Waals surface area contributed by atoms with Gasteiger partial charge < -0.3 is 25.2 Å². The Morgan fingerprint density at radius 2 is 1.81 bits per heavy atom. The maximum atomic E-state index is 13.4. The average molecular weight is 501 g/mol. The van der Waals surface area contributed by atoms with Crippen molar-refractivity contribution in [3.8, 4) is 0 Å². The smallest absolute Gasteiger partial charge is 0.407 e. The van der Waals surface area contributed by atoms with Gasteiger partial charge in [-0.25, -0.2) is 4.79 Å². The molecule has 4 amide bonds. The van der Waals surface area contributed by atoms with E-state index < -0.39 is 17.7 Å². The van der Waals surface area contributed by atoms with Crippen molar-refractivity contribution in [1.29, 1.82) is 0 Å². The molecule has 2 N–H and O–H groups in total. The quantitative estimate of drug-likeness (QED) is 0.454. The van der Waals surface area contributed by atoms with Crippen molar-refractivity contribution >= 4 is 23.8 Å². The van der Waals surface area contributed by atoms with Crippen LogP contribution in [0.1, 0.15) is 70.8 Å². The summed E-state index contributed by atoms with van der Waals surface area (Å²) in [4.78, 5) is 54.5. The number of unbranched alkanes of at least 4 members (excludes halogenated alkanes) is 1. The van der Waals surface area contributed by atoms with Crippen LogP contribution in [0.2, 0.25) is 0 Å². The van der Waals surface area contributed by atoms with Gasteiger partial charge in [-0.1, -0.05) is 44.2 Å². The van der Waals surface area contributed by atoms with E-state index in [-0.39, 0.29) is 24.3 Å². The Hall–Kier alpha value is -3.10. The number of nitrogens with zero attached hydrogens (tertiary/aromatic N) is 2. The first-order valence-electron chi connectivity index (χ1n) is 13.3. The molecule has 1 aromatic carbocycles. The summed E-state index contributed by atoms with van der Waals surface area (Å²) in [6, 6.07) is 8.92. The highest BCUT2D eigenvalue weighted by atomic mass is 16.5. The van der Waals surface area contributed by atoms with Gasteiger partial charge in [0, 0.05) is 32.6 Å². The van der Waals surface area contributed by atoms with Crippen molar-refractivity contribution < 1.29 is 23.9 Å². The number of hydrogen-bond acceptors (Lipinski definition) is 5. The number of alkyl carbamates (subject to hydrolysis) is 1. The largest absolute Gasteiger partial charge is 0.445 e. The predicted molar refractivity (Wildman–Crippen MR) is 136 cm³/mol. The lowest BCUT2D eigenvalue weighted by molar-refractivity contribution is -0.162. The fraction of sp³-hybridized carbons (Fsp3) is 0.630. The molecule has 2 aliphatic rings. The average Bonchev–Trinajstić information content (AvgIpc) is 2.89. The van der Waals surface area contributed by atoms with Crippen molar-refractivity contribution in [2.75, 3.05) is 26.2 Å².